The second-order valence-corrected chi connectivity index (χ2v) is 4.17. The maximum Gasteiger partial charge on any atom is 0.335 e. The van der Waals surface area contributed by atoms with Crippen LogP contribution in [0.5, 0.6) is 5.75 Å². The molecule has 1 fully saturated rings. The van der Waals surface area contributed by atoms with Crippen LogP contribution in [0.1, 0.15) is 23.2 Å². The number of rotatable bonds is 4. The topological polar surface area (TPSA) is 98.9 Å². The highest BCUT2D eigenvalue weighted by molar-refractivity contribution is 5.88. The van der Waals surface area contributed by atoms with Crippen molar-refractivity contribution >= 4 is 11.7 Å². The van der Waals surface area contributed by atoms with Gasteiger partial charge >= 0.3 is 11.7 Å². The van der Waals surface area contributed by atoms with Gasteiger partial charge in [-0.05, 0) is 6.07 Å². The molecule has 2 rings (SSSR count). The van der Waals surface area contributed by atoms with Crippen molar-refractivity contribution in [3.63, 3.8) is 0 Å². The molecule has 1 saturated heterocycles. The third kappa shape index (κ3) is 3.19. The summed E-state index contributed by atoms with van der Waals surface area (Å²) in [7, 11) is 0. The number of nitrogens with zero attached hydrogens (tertiary/aromatic N) is 1. The Morgan fingerprint density at radius 2 is 2.11 bits per heavy atom. The Hall–Kier alpha value is -2.15. The van der Waals surface area contributed by atoms with Gasteiger partial charge in [0.25, 0.3) is 0 Å². The summed E-state index contributed by atoms with van der Waals surface area (Å²) in [4.78, 5) is 21.2. The summed E-state index contributed by atoms with van der Waals surface area (Å²) in [5.41, 5.74) is -0.260. The number of hydrogen-bond donors (Lipinski definition) is 1. The lowest BCUT2D eigenvalue weighted by molar-refractivity contribution is -0.386. The van der Waals surface area contributed by atoms with Gasteiger partial charge in [-0.25, -0.2) is 4.79 Å². The average Bonchev–Trinajstić information content (AvgIpc) is 2.39. The van der Waals surface area contributed by atoms with Crippen LogP contribution in [0.4, 0.5) is 5.69 Å². The van der Waals surface area contributed by atoms with Gasteiger partial charge in [-0.1, -0.05) is 0 Å². The maximum absolute atomic E-state index is 10.9. The van der Waals surface area contributed by atoms with Crippen molar-refractivity contribution in [2.24, 2.45) is 0 Å². The van der Waals surface area contributed by atoms with Gasteiger partial charge < -0.3 is 14.6 Å². The van der Waals surface area contributed by atoms with E-state index >= 15 is 0 Å². The molecule has 0 aromatic heterocycles. The minimum atomic E-state index is -1.15. The molecule has 0 atom stereocenters. The number of carbonyl (C=O) groups is 1. The molecule has 7 nitrogen and oxygen atoms in total. The number of nitro groups is 1. The zero-order chi connectivity index (χ0) is 13.8. The summed E-state index contributed by atoms with van der Waals surface area (Å²) in [5, 5.41) is 19.8. The molecule has 0 radical (unpaired) electrons. The second-order valence-electron chi connectivity index (χ2n) is 4.17. The van der Waals surface area contributed by atoms with E-state index in [1.807, 2.05) is 0 Å². The summed E-state index contributed by atoms with van der Waals surface area (Å²) in [6.07, 6.45) is 1.08. The molecule has 7 heteroatoms. The normalized spacial score (nSPS) is 16.0. The van der Waals surface area contributed by atoms with E-state index in [4.69, 9.17) is 14.6 Å². The molecule has 19 heavy (non-hydrogen) atoms. The molecule has 0 aliphatic carbocycles. The summed E-state index contributed by atoms with van der Waals surface area (Å²) >= 11 is 0. The lowest BCUT2D eigenvalue weighted by atomic mass is 10.1. The van der Waals surface area contributed by atoms with E-state index in [9.17, 15) is 14.9 Å². The molecule has 0 spiro atoms. The SMILES string of the molecule is O=C(O)c1ccc([N+](=O)[O-])c(OC2CCOCC2)c1. The fourth-order valence-electron chi connectivity index (χ4n) is 1.87. The molecule has 0 unspecified atom stereocenters. The Morgan fingerprint density at radius 3 is 2.68 bits per heavy atom. The van der Waals surface area contributed by atoms with Gasteiger partial charge in [0.05, 0.1) is 23.7 Å². The first-order valence-corrected chi connectivity index (χ1v) is 5.84. The lowest BCUT2D eigenvalue weighted by Gasteiger charge is -2.23. The smallest absolute Gasteiger partial charge is 0.335 e. The van der Waals surface area contributed by atoms with Gasteiger partial charge in [0.2, 0.25) is 0 Å². The molecule has 1 N–H and O–H groups in total. The second kappa shape index (κ2) is 5.66. The van der Waals surface area contributed by atoms with Crippen molar-refractivity contribution in [3.05, 3.63) is 33.9 Å². The van der Waals surface area contributed by atoms with Crippen molar-refractivity contribution < 1.29 is 24.3 Å². The zero-order valence-corrected chi connectivity index (χ0v) is 10.1. The van der Waals surface area contributed by atoms with Gasteiger partial charge in [0.15, 0.2) is 5.75 Å². The van der Waals surface area contributed by atoms with Crippen LogP contribution in [-0.4, -0.2) is 35.3 Å². The lowest BCUT2D eigenvalue weighted by Crippen LogP contribution is -2.26. The van der Waals surface area contributed by atoms with Gasteiger partial charge in [-0.2, -0.15) is 0 Å². The number of aromatic carboxylic acids is 1. The van der Waals surface area contributed by atoms with Crippen LogP contribution in [0.15, 0.2) is 18.2 Å². The Labute approximate surface area is 108 Å². The quantitative estimate of drug-likeness (QED) is 0.660. The van der Waals surface area contributed by atoms with Crippen LogP contribution in [0.25, 0.3) is 0 Å². The number of carboxylic acids is 1. The third-order valence-corrected chi connectivity index (χ3v) is 2.87. The predicted molar refractivity (Wildman–Crippen MR) is 64.5 cm³/mol. The highest BCUT2D eigenvalue weighted by atomic mass is 16.6. The highest BCUT2D eigenvalue weighted by Crippen LogP contribution is 2.30. The van der Waals surface area contributed by atoms with E-state index in [-0.39, 0.29) is 23.1 Å². The number of carboxylic acid groups (broad SMARTS) is 1. The molecular formula is C12H13NO6. The molecule has 1 aromatic rings. The van der Waals surface area contributed by atoms with Crippen molar-refractivity contribution in [2.75, 3.05) is 13.2 Å². The van der Waals surface area contributed by atoms with Gasteiger partial charge in [-0.15, -0.1) is 0 Å². The maximum atomic E-state index is 10.9. The first-order valence-electron chi connectivity index (χ1n) is 5.84. The average molecular weight is 267 g/mol. The molecule has 1 heterocycles. The van der Waals surface area contributed by atoms with E-state index in [1.165, 1.54) is 12.1 Å². The Kier molecular flexibility index (Phi) is 3.96. The Bertz CT molecular complexity index is 495. The van der Waals surface area contributed by atoms with E-state index in [0.29, 0.717) is 26.1 Å². The monoisotopic (exact) mass is 267 g/mol. The summed E-state index contributed by atoms with van der Waals surface area (Å²) in [6, 6.07) is 3.53. The standard InChI is InChI=1S/C12H13NO6/c14-12(15)8-1-2-10(13(16)17)11(7-8)19-9-3-5-18-6-4-9/h1-2,7,9H,3-6H2,(H,14,15). The summed E-state index contributed by atoms with van der Waals surface area (Å²) in [6.45, 7) is 1.08. The minimum absolute atomic E-state index is 0.00296. The molecule has 0 saturated carbocycles. The highest BCUT2D eigenvalue weighted by Gasteiger charge is 2.22. The molecule has 1 aliphatic heterocycles. The van der Waals surface area contributed by atoms with Crippen molar-refractivity contribution in [2.45, 2.75) is 18.9 Å². The van der Waals surface area contributed by atoms with E-state index in [2.05, 4.69) is 0 Å². The van der Waals surface area contributed by atoms with Crippen molar-refractivity contribution in [3.8, 4) is 5.75 Å². The number of benzene rings is 1. The van der Waals surface area contributed by atoms with E-state index in [1.54, 1.807) is 0 Å². The van der Waals surface area contributed by atoms with Gasteiger partial charge in [0, 0.05) is 25.0 Å². The fourth-order valence-corrected chi connectivity index (χ4v) is 1.87. The number of nitro benzene ring substituents is 1. The Balaban J connectivity index is 2.26. The summed E-state index contributed by atoms with van der Waals surface area (Å²) < 4.78 is 10.7. The first-order chi connectivity index (χ1) is 9.08. The molecule has 102 valence electrons. The largest absolute Gasteiger partial charge is 0.483 e. The van der Waals surface area contributed by atoms with E-state index < -0.39 is 10.9 Å². The van der Waals surface area contributed by atoms with Gasteiger partial charge in [-0.3, -0.25) is 10.1 Å². The van der Waals surface area contributed by atoms with Gasteiger partial charge in [0.1, 0.15) is 6.10 Å². The molecule has 0 amide bonds. The van der Waals surface area contributed by atoms with Crippen molar-refractivity contribution in [1.29, 1.82) is 0 Å². The molecule has 0 bridgehead atoms. The number of hydrogen-bond acceptors (Lipinski definition) is 5. The molecule has 1 aromatic carbocycles. The Morgan fingerprint density at radius 1 is 1.42 bits per heavy atom. The third-order valence-electron chi connectivity index (χ3n) is 2.87. The van der Waals surface area contributed by atoms with Crippen LogP contribution in [0, 0.1) is 10.1 Å². The molecule has 1 aliphatic rings. The predicted octanol–water partition coefficient (Wildman–Crippen LogP) is 1.85. The zero-order valence-electron chi connectivity index (χ0n) is 10.1. The first kappa shape index (κ1) is 13.3. The van der Waals surface area contributed by atoms with Crippen LogP contribution in [0.2, 0.25) is 0 Å². The van der Waals surface area contributed by atoms with Crippen molar-refractivity contribution in [1.82, 2.24) is 0 Å². The fraction of sp³-hybridized carbons (Fsp3) is 0.417. The number of ether oxygens (including phenoxy) is 2. The van der Waals surface area contributed by atoms with E-state index in [0.717, 1.165) is 6.07 Å². The summed E-state index contributed by atoms with van der Waals surface area (Å²) in [5.74, 6) is -1.15. The molecular weight excluding hydrogens is 254 g/mol. The van der Waals surface area contributed by atoms with Crippen LogP contribution in [0.3, 0.4) is 0 Å². The minimum Gasteiger partial charge on any atom is -0.483 e. The van der Waals surface area contributed by atoms with Crippen LogP contribution >= 0.6 is 0 Å². The van der Waals surface area contributed by atoms with Crippen LogP contribution in [-0.2, 0) is 4.74 Å². The van der Waals surface area contributed by atoms with Crippen LogP contribution < -0.4 is 4.74 Å².